The number of fused-ring (bicyclic) bond motifs is 1. The van der Waals surface area contributed by atoms with Gasteiger partial charge in [-0.15, -0.1) is 11.3 Å². The summed E-state index contributed by atoms with van der Waals surface area (Å²) < 4.78 is 5.59. The lowest BCUT2D eigenvalue weighted by molar-refractivity contribution is -0.120. The summed E-state index contributed by atoms with van der Waals surface area (Å²) in [5, 5.41) is 9.66. The van der Waals surface area contributed by atoms with Crippen LogP contribution in [-0.2, 0) is 17.8 Å². The van der Waals surface area contributed by atoms with Crippen molar-refractivity contribution in [2.45, 2.75) is 32.7 Å². The Bertz CT molecular complexity index is 1180. The zero-order chi connectivity index (χ0) is 21.8. The summed E-state index contributed by atoms with van der Waals surface area (Å²) in [7, 11) is 0. The average Bonchev–Trinajstić information content (AvgIpc) is 3.41. The Morgan fingerprint density at radius 3 is 2.58 bits per heavy atom. The number of thiazole rings is 1. The second kappa shape index (κ2) is 9.14. The molecule has 0 radical (unpaired) electrons. The van der Waals surface area contributed by atoms with Crippen LogP contribution in [0.3, 0.4) is 0 Å². The van der Waals surface area contributed by atoms with E-state index in [1.54, 1.807) is 29.5 Å². The standard InChI is InChI=1S/C24H23N3O3S/c1-15(2)24-27-19(14-31-24)13-25-22(28)11-16-7-9-18(10-8-16)26-23(29)21-12-17-5-3-4-6-20(17)30-21/h3-10,12,14-15H,11,13H2,1-2H3,(H,25,28)(H,26,29). The molecule has 0 aliphatic carbocycles. The second-order valence-electron chi connectivity index (χ2n) is 7.58. The molecule has 2 heterocycles. The third-order valence-corrected chi connectivity index (χ3v) is 5.95. The van der Waals surface area contributed by atoms with Gasteiger partial charge in [0.2, 0.25) is 5.91 Å². The Balaban J connectivity index is 1.30. The molecule has 0 fully saturated rings. The maximum absolute atomic E-state index is 12.4. The van der Waals surface area contributed by atoms with Crippen molar-refractivity contribution in [3.63, 3.8) is 0 Å². The number of hydrogen-bond acceptors (Lipinski definition) is 5. The lowest BCUT2D eigenvalue weighted by atomic mass is 10.1. The summed E-state index contributed by atoms with van der Waals surface area (Å²) in [6, 6.07) is 16.4. The molecule has 0 aliphatic rings. The van der Waals surface area contributed by atoms with Gasteiger partial charge in [-0.3, -0.25) is 9.59 Å². The lowest BCUT2D eigenvalue weighted by Gasteiger charge is -2.06. The predicted octanol–water partition coefficient (Wildman–Crippen LogP) is 5.12. The van der Waals surface area contributed by atoms with E-state index >= 15 is 0 Å². The van der Waals surface area contributed by atoms with Crippen LogP contribution in [0.5, 0.6) is 0 Å². The van der Waals surface area contributed by atoms with E-state index in [1.807, 2.05) is 41.8 Å². The molecular formula is C24H23N3O3S. The van der Waals surface area contributed by atoms with Gasteiger partial charge >= 0.3 is 0 Å². The minimum absolute atomic E-state index is 0.0711. The van der Waals surface area contributed by atoms with Gasteiger partial charge in [0.25, 0.3) is 5.91 Å². The SMILES string of the molecule is CC(C)c1nc(CNC(=O)Cc2ccc(NC(=O)c3cc4ccccc4o3)cc2)cs1. The van der Waals surface area contributed by atoms with Crippen LogP contribution in [0.1, 0.15) is 46.6 Å². The smallest absolute Gasteiger partial charge is 0.291 e. The molecule has 158 valence electrons. The molecule has 4 rings (SSSR count). The van der Waals surface area contributed by atoms with E-state index < -0.39 is 0 Å². The van der Waals surface area contributed by atoms with Crippen LogP contribution in [0.4, 0.5) is 5.69 Å². The zero-order valence-electron chi connectivity index (χ0n) is 17.3. The van der Waals surface area contributed by atoms with Crippen LogP contribution in [0.25, 0.3) is 11.0 Å². The number of anilines is 1. The molecule has 4 aromatic rings. The number of furan rings is 1. The average molecular weight is 434 g/mol. The van der Waals surface area contributed by atoms with Crippen molar-refractivity contribution in [1.29, 1.82) is 0 Å². The molecule has 2 N–H and O–H groups in total. The minimum Gasteiger partial charge on any atom is -0.451 e. The normalized spacial score (nSPS) is 11.1. The summed E-state index contributed by atoms with van der Waals surface area (Å²) in [4.78, 5) is 29.2. The molecule has 0 atom stereocenters. The van der Waals surface area contributed by atoms with E-state index in [9.17, 15) is 9.59 Å². The molecule has 0 bridgehead atoms. The molecule has 6 nitrogen and oxygen atoms in total. The molecule has 0 spiro atoms. The highest BCUT2D eigenvalue weighted by Gasteiger charge is 2.13. The van der Waals surface area contributed by atoms with Gasteiger partial charge in [0.1, 0.15) is 5.58 Å². The highest BCUT2D eigenvalue weighted by molar-refractivity contribution is 7.09. The van der Waals surface area contributed by atoms with Gasteiger partial charge in [0.15, 0.2) is 5.76 Å². The lowest BCUT2D eigenvalue weighted by Crippen LogP contribution is -2.24. The summed E-state index contributed by atoms with van der Waals surface area (Å²) in [6.45, 7) is 4.63. The molecule has 2 amide bonds. The Labute approximate surface area is 184 Å². The molecule has 31 heavy (non-hydrogen) atoms. The maximum Gasteiger partial charge on any atom is 0.291 e. The zero-order valence-corrected chi connectivity index (χ0v) is 18.2. The molecule has 2 aromatic heterocycles. The Kier molecular flexibility index (Phi) is 6.13. The first kappa shape index (κ1) is 20.8. The van der Waals surface area contributed by atoms with Crippen LogP contribution in [-0.4, -0.2) is 16.8 Å². The van der Waals surface area contributed by atoms with Crippen LogP contribution >= 0.6 is 11.3 Å². The van der Waals surface area contributed by atoms with E-state index in [2.05, 4.69) is 29.5 Å². The topological polar surface area (TPSA) is 84.2 Å². The van der Waals surface area contributed by atoms with Crippen LogP contribution in [0.2, 0.25) is 0 Å². The minimum atomic E-state index is -0.314. The van der Waals surface area contributed by atoms with E-state index in [0.717, 1.165) is 21.7 Å². The van der Waals surface area contributed by atoms with Gasteiger partial charge in [-0.2, -0.15) is 0 Å². The van der Waals surface area contributed by atoms with Crippen molar-refractivity contribution < 1.29 is 14.0 Å². The van der Waals surface area contributed by atoms with E-state index in [0.29, 0.717) is 23.7 Å². The second-order valence-corrected chi connectivity index (χ2v) is 8.47. The van der Waals surface area contributed by atoms with Gasteiger partial charge in [0, 0.05) is 22.4 Å². The maximum atomic E-state index is 12.4. The predicted molar refractivity (Wildman–Crippen MR) is 122 cm³/mol. The first-order chi connectivity index (χ1) is 15.0. The first-order valence-corrected chi connectivity index (χ1v) is 11.0. The van der Waals surface area contributed by atoms with Crippen molar-refractivity contribution in [1.82, 2.24) is 10.3 Å². The summed E-state index contributed by atoms with van der Waals surface area (Å²) >= 11 is 1.62. The van der Waals surface area contributed by atoms with Gasteiger partial charge in [-0.05, 0) is 29.8 Å². The quantitative estimate of drug-likeness (QED) is 0.423. The van der Waals surface area contributed by atoms with Gasteiger partial charge in [-0.25, -0.2) is 4.98 Å². The third kappa shape index (κ3) is 5.19. The Hall–Kier alpha value is -3.45. The van der Waals surface area contributed by atoms with E-state index in [-0.39, 0.29) is 24.0 Å². The van der Waals surface area contributed by atoms with Crippen molar-refractivity contribution in [3.05, 3.63) is 82.0 Å². The fourth-order valence-electron chi connectivity index (χ4n) is 3.10. The number of hydrogen-bond donors (Lipinski definition) is 2. The molecule has 2 aromatic carbocycles. The fourth-order valence-corrected chi connectivity index (χ4v) is 3.93. The van der Waals surface area contributed by atoms with Crippen LogP contribution in [0, 0.1) is 0 Å². The summed E-state index contributed by atoms with van der Waals surface area (Å²) in [5.74, 6) is 0.261. The number of nitrogens with one attached hydrogen (secondary N) is 2. The van der Waals surface area contributed by atoms with E-state index in [4.69, 9.17) is 4.42 Å². The van der Waals surface area contributed by atoms with Crippen molar-refractivity contribution >= 4 is 39.8 Å². The van der Waals surface area contributed by atoms with Crippen molar-refractivity contribution in [2.75, 3.05) is 5.32 Å². The van der Waals surface area contributed by atoms with Crippen LogP contribution < -0.4 is 10.6 Å². The molecule has 0 aliphatic heterocycles. The fraction of sp³-hybridized carbons (Fsp3) is 0.208. The largest absolute Gasteiger partial charge is 0.451 e. The molecule has 7 heteroatoms. The molecule has 0 saturated heterocycles. The highest BCUT2D eigenvalue weighted by atomic mass is 32.1. The number of amides is 2. The molecule has 0 unspecified atom stereocenters. The number of aromatic nitrogens is 1. The van der Waals surface area contributed by atoms with Gasteiger partial charge < -0.3 is 15.1 Å². The van der Waals surface area contributed by atoms with Crippen LogP contribution in [0.15, 0.2) is 64.4 Å². The first-order valence-electron chi connectivity index (χ1n) is 10.1. The number of benzene rings is 2. The number of carbonyl (C=O) groups excluding carboxylic acids is 2. The monoisotopic (exact) mass is 433 g/mol. The molecular weight excluding hydrogens is 410 g/mol. The number of nitrogens with zero attached hydrogens (tertiary/aromatic N) is 1. The summed E-state index contributed by atoms with van der Waals surface area (Å²) in [5.41, 5.74) is 3.05. The Morgan fingerprint density at radius 1 is 1.10 bits per heavy atom. The van der Waals surface area contributed by atoms with Crippen molar-refractivity contribution in [3.8, 4) is 0 Å². The highest BCUT2D eigenvalue weighted by Crippen LogP contribution is 2.21. The van der Waals surface area contributed by atoms with Gasteiger partial charge in [-0.1, -0.05) is 44.2 Å². The Morgan fingerprint density at radius 2 is 1.87 bits per heavy atom. The molecule has 0 saturated carbocycles. The third-order valence-electron chi connectivity index (χ3n) is 4.76. The number of para-hydroxylation sites is 1. The summed E-state index contributed by atoms with van der Waals surface area (Å²) in [6.07, 6.45) is 0.263. The number of carbonyl (C=O) groups is 2. The number of rotatable bonds is 7. The van der Waals surface area contributed by atoms with E-state index in [1.165, 1.54) is 0 Å². The van der Waals surface area contributed by atoms with Crippen molar-refractivity contribution in [2.24, 2.45) is 0 Å². The van der Waals surface area contributed by atoms with Gasteiger partial charge in [0.05, 0.1) is 23.7 Å².